The van der Waals surface area contributed by atoms with E-state index < -0.39 is 0 Å². The molecule has 2 heterocycles. The van der Waals surface area contributed by atoms with Gasteiger partial charge in [0.1, 0.15) is 12.1 Å². The molecule has 0 fully saturated rings. The van der Waals surface area contributed by atoms with Crippen LogP contribution in [0.25, 0.3) is 0 Å². The van der Waals surface area contributed by atoms with Crippen molar-refractivity contribution in [2.75, 3.05) is 12.0 Å². The number of nitrogens with zero attached hydrogens (tertiary/aromatic N) is 4. The number of para-hydroxylation sites is 1. The summed E-state index contributed by atoms with van der Waals surface area (Å²) in [4.78, 5) is 19.5. The van der Waals surface area contributed by atoms with Gasteiger partial charge in [0.05, 0.1) is 19.2 Å². The van der Waals surface area contributed by atoms with Gasteiger partial charge in [-0.15, -0.1) is 0 Å². The van der Waals surface area contributed by atoms with Crippen LogP contribution in [-0.2, 0) is 4.79 Å². The molecule has 156 valence electrons. The van der Waals surface area contributed by atoms with Gasteiger partial charge in [-0.05, 0) is 36.6 Å². The van der Waals surface area contributed by atoms with E-state index in [0.29, 0.717) is 23.8 Å². The number of anilines is 1. The van der Waals surface area contributed by atoms with Crippen LogP contribution in [0.4, 0.5) is 5.95 Å². The summed E-state index contributed by atoms with van der Waals surface area (Å²) in [5.41, 5.74) is 2.05. The van der Waals surface area contributed by atoms with Crippen LogP contribution in [0.2, 0.25) is 5.02 Å². The zero-order valence-corrected chi connectivity index (χ0v) is 17.9. The molecular formula is C23H25ClN4O2. The van der Waals surface area contributed by atoms with Crippen LogP contribution in [0.5, 0.6) is 5.75 Å². The van der Waals surface area contributed by atoms with Gasteiger partial charge in [0, 0.05) is 17.0 Å². The Morgan fingerprint density at radius 1 is 1.17 bits per heavy atom. The van der Waals surface area contributed by atoms with Crippen molar-refractivity contribution in [1.29, 1.82) is 0 Å². The molecule has 2 aromatic carbocycles. The summed E-state index contributed by atoms with van der Waals surface area (Å²) >= 11 is 6.12. The van der Waals surface area contributed by atoms with Crippen molar-refractivity contribution >= 4 is 23.5 Å². The van der Waals surface area contributed by atoms with Crippen LogP contribution in [0.15, 0.2) is 54.9 Å². The number of rotatable bonds is 6. The molecule has 4 rings (SSSR count). The van der Waals surface area contributed by atoms with E-state index in [1.54, 1.807) is 12.0 Å². The van der Waals surface area contributed by atoms with E-state index in [2.05, 4.69) is 17.0 Å². The quantitative estimate of drug-likeness (QED) is 0.545. The molecule has 0 aliphatic carbocycles. The van der Waals surface area contributed by atoms with E-state index in [0.717, 1.165) is 29.7 Å². The molecular weight excluding hydrogens is 400 g/mol. The average Bonchev–Trinajstić information content (AvgIpc) is 3.26. The first-order chi connectivity index (χ1) is 14.6. The fourth-order valence-corrected chi connectivity index (χ4v) is 4.22. The monoisotopic (exact) mass is 424 g/mol. The molecule has 2 atom stereocenters. The molecule has 0 N–H and O–H groups in total. The number of hydrogen-bond donors (Lipinski definition) is 0. The fraction of sp³-hybridized carbons (Fsp3) is 0.348. The van der Waals surface area contributed by atoms with Gasteiger partial charge < -0.3 is 4.74 Å². The van der Waals surface area contributed by atoms with Crippen molar-refractivity contribution < 1.29 is 9.53 Å². The maximum Gasteiger partial charge on any atom is 0.231 e. The lowest BCUT2D eigenvalue weighted by Gasteiger charge is -2.39. The van der Waals surface area contributed by atoms with E-state index in [-0.39, 0.29) is 18.0 Å². The number of ether oxygens (including phenoxy) is 1. The smallest absolute Gasteiger partial charge is 0.231 e. The van der Waals surface area contributed by atoms with Gasteiger partial charge in [-0.1, -0.05) is 55.3 Å². The number of unbranched alkanes of at least 4 members (excludes halogenated alkanes) is 1. The summed E-state index contributed by atoms with van der Waals surface area (Å²) in [6.07, 6.45) is 4.46. The summed E-state index contributed by atoms with van der Waals surface area (Å²) in [6.45, 7) is 2.08. The maximum atomic E-state index is 13.2. The topological polar surface area (TPSA) is 60.2 Å². The van der Waals surface area contributed by atoms with Crippen LogP contribution < -0.4 is 9.64 Å². The maximum absolute atomic E-state index is 13.2. The molecule has 6 nitrogen and oxygen atoms in total. The Kier molecular flexibility index (Phi) is 6.04. The third-order valence-corrected chi connectivity index (χ3v) is 5.84. The van der Waals surface area contributed by atoms with Crippen molar-refractivity contribution in [3.63, 3.8) is 0 Å². The van der Waals surface area contributed by atoms with Gasteiger partial charge in [0.2, 0.25) is 11.9 Å². The molecule has 1 aliphatic heterocycles. The number of hydrogen-bond acceptors (Lipinski definition) is 4. The number of aromatic nitrogens is 3. The van der Waals surface area contributed by atoms with Crippen molar-refractivity contribution in [1.82, 2.24) is 14.8 Å². The lowest BCUT2D eigenvalue weighted by atomic mass is 9.91. The fourth-order valence-electron chi connectivity index (χ4n) is 4.10. The summed E-state index contributed by atoms with van der Waals surface area (Å²) in [5, 5.41) is 5.15. The van der Waals surface area contributed by atoms with E-state index in [1.807, 2.05) is 53.2 Å². The second kappa shape index (κ2) is 8.88. The van der Waals surface area contributed by atoms with E-state index in [9.17, 15) is 4.79 Å². The molecule has 1 amide bonds. The number of benzene rings is 2. The molecule has 0 spiro atoms. The van der Waals surface area contributed by atoms with Crippen LogP contribution in [0, 0.1) is 0 Å². The molecule has 0 bridgehead atoms. The number of carbonyl (C=O) groups is 1. The van der Waals surface area contributed by atoms with E-state index >= 15 is 0 Å². The van der Waals surface area contributed by atoms with Crippen molar-refractivity contribution in [2.45, 2.75) is 44.7 Å². The van der Waals surface area contributed by atoms with Gasteiger partial charge in [-0.25, -0.2) is 4.68 Å². The van der Waals surface area contributed by atoms with Crippen LogP contribution in [-0.4, -0.2) is 27.8 Å². The largest absolute Gasteiger partial charge is 0.496 e. The third-order valence-electron chi connectivity index (χ3n) is 5.59. The third kappa shape index (κ3) is 3.79. The predicted molar refractivity (Wildman–Crippen MR) is 117 cm³/mol. The number of halogens is 1. The first-order valence-electron chi connectivity index (χ1n) is 10.2. The van der Waals surface area contributed by atoms with E-state index in [1.165, 1.54) is 6.33 Å². The second-order valence-electron chi connectivity index (χ2n) is 7.43. The molecule has 30 heavy (non-hydrogen) atoms. The Bertz CT molecular complexity index is 1020. The SMILES string of the molecule is CCCCC(=O)N1c2ncnn2C(c2ccccc2OC)CC1c1ccc(Cl)cc1. The lowest BCUT2D eigenvalue weighted by molar-refractivity contribution is -0.119. The van der Waals surface area contributed by atoms with E-state index in [4.69, 9.17) is 16.3 Å². The average molecular weight is 425 g/mol. The summed E-state index contributed by atoms with van der Waals surface area (Å²) in [5.74, 6) is 1.42. The molecule has 3 aromatic rings. The molecule has 0 saturated heterocycles. The Morgan fingerprint density at radius 3 is 2.67 bits per heavy atom. The van der Waals surface area contributed by atoms with Crippen molar-refractivity contribution in [3.05, 3.63) is 71.0 Å². The highest BCUT2D eigenvalue weighted by Gasteiger charge is 2.39. The number of carbonyl (C=O) groups excluding carboxylic acids is 1. The van der Waals surface area contributed by atoms with Crippen LogP contribution in [0.3, 0.4) is 0 Å². The Labute approximate surface area is 181 Å². The van der Waals surface area contributed by atoms with Gasteiger partial charge in [0.15, 0.2) is 0 Å². The lowest BCUT2D eigenvalue weighted by Crippen LogP contribution is -2.42. The highest BCUT2D eigenvalue weighted by Crippen LogP contribution is 2.44. The normalized spacial score (nSPS) is 18.2. The van der Waals surface area contributed by atoms with Crippen molar-refractivity contribution in [2.24, 2.45) is 0 Å². The minimum Gasteiger partial charge on any atom is -0.496 e. The predicted octanol–water partition coefficient (Wildman–Crippen LogP) is 5.20. The first-order valence-corrected chi connectivity index (χ1v) is 10.6. The summed E-state index contributed by atoms with van der Waals surface area (Å²) in [6, 6.07) is 15.4. The second-order valence-corrected chi connectivity index (χ2v) is 7.87. The van der Waals surface area contributed by atoms with Crippen LogP contribution in [0.1, 0.15) is 55.8 Å². The van der Waals surface area contributed by atoms with Gasteiger partial charge >= 0.3 is 0 Å². The first kappa shape index (κ1) is 20.4. The van der Waals surface area contributed by atoms with Crippen LogP contribution >= 0.6 is 11.6 Å². The molecule has 1 aromatic heterocycles. The Hall–Kier alpha value is -2.86. The Morgan fingerprint density at radius 2 is 1.93 bits per heavy atom. The zero-order valence-electron chi connectivity index (χ0n) is 17.2. The summed E-state index contributed by atoms with van der Waals surface area (Å²) in [7, 11) is 1.67. The standard InChI is InChI=1S/C23H25ClN4O2/c1-3-4-9-22(29)27-19(16-10-12-17(24)13-11-16)14-20(28-23(27)25-15-26-28)18-7-5-6-8-21(18)30-2/h5-8,10-13,15,19-20H,3-4,9,14H2,1-2H3. The van der Waals surface area contributed by atoms with Gasteiger partial charge in [0.25, 0.3) is 0 Å². The molecule has 1 aliphatic rings. The molecule has 7 heteroatoms. The Balaban J connectivity index is 1.82. The summed E-state index contributed by atoms with van der Waals surface area (Å²) < 4.78 is 7.46. The minimum absolute atomic E-state index is 0.0597. The van der Waals surface area contributed by atoms with Gasteiger partial charge in [-0.2, -0.15) is 10.1 Å². The highest BCUT2D eigenvalue weighted by atomic mass is 35.5. The highest BCUT2D eigenvalue weighted by molar-refractivity contribution is 6.30. The molecule has 0 radical (unpaired) electrons. The van der Waals surface area contributed by atoms with Gasteiger partial charge in [-0.3, -0.25) is 9.69 Å². The number of fused-ring (bicyclic) bond motifs is 1. The van der Waals surface area contributed by atoms with Crippen molar-refractivity contribution in [3.8, 4) is 5.75 Å². The number of amides is 1. The molecule has 0 saturated carbocycles. The zero-order chi connectivity index (χ0) is 21.1. The molecule has 2 unspecified atom stereocenters. The minimum atomic E-state index is -0.168. The number of methoxy groups -OCH3 is 1.